The molecule has 3 rings (SSSR count). The van der Waals surface area contributed by atoms with E-state index in [1.54, 1.807) is 42.5 Å². The molecule has 0 bridgehead atoms. The van der Waals surface area contributed by atoms with Crippen molar-refractivity contribution in [1.29, 1.82) is 5.26 Å². The first kappa shape index (κ1) is 21.9. The Morgan fingerprint density at radius 3 is 2.57 bits per heavy atom. The van der Waals surface area contributed by atoms with Gasteiger partial charge in [-0.3, -0.25) is 0 Å². The summed E-state index contributed by atoms with van der Waals surface area (Å²) in [6.45, 7) is 2.51. The van der Waals surface area contributed by atoms with Gasteiger partial charge in [-0.05, 0) is 54.5 Å². The largest absolute Gasteiger partial charge is 0.490 e. The van der Waals surface area contributed by atoms with Gasteiger partial charge in [-0.2, -0.15) is 5.26 Å². The van der Waals surface area contributed by atoms with E-state index < -0.39 is 0 Å². The van der Waals surface area contributed by atoms with Crippen molar-refractivity contribution in [2.24, 2.45) is 0 Å². The molecule has 3 aromatic rings. The van der Waals surface area contributed by atoms with Crippen molar-refractivity contribution in [2.75, 3.05) is 6.61 Å². The van der Waals surface area contributed by atoms with Crippen LogP contribution >= 0.6 is 27.5 Å². The summed E-state index contributed by atoms with van der Waals surface area (Å²) in [5, 5.41) is 10.1. The number of nitrogens with zero attached hydrogens (tertiary/aromatic N) is 1. The third-order valence-corrected chi connectivity index (χ3v) is 5.25. The lowest BCUT2D eigenvalue weighted by molar-refractivity contribution is 0.269. The summed E-state index contributed by atoms with van der Waals surface area (Å²) >= 11 is 9.78. The Kier molecular flexibility index (Phi) is 7.51. The van der Waals surface area contributed by atoms with E-state index in [9.17, 15) is 9.65 Å². The smallest absolute Gasteiger partial charge is 0.162 e. The second-order valence-electron chi connectivity index (χ2n) is 6.32. The lowest BCUT2D eigenvalue weighted by atomic mass is 10.0. The van der Waals surface area contributed by atoms with Crippen molar-refractivity contribution in [2.45, 2.75) is 13.5 Å². The Morgan fingerprint density at radius 1 is 1.10 bits per heavy atom. The Bertz CT molecular complexity index is 1120. The minimum atomic E-state index is -0.314. The van der Waals surface area contributed by atoms with E-state index in [4.69, 9.17) is 21.1 Å². The van der Waals surface area contributed by atoms with Crippen LogP contribution in [0.15, 0.2) is 65.1 Å². The summed E-state index contributed by atoms with van der Waals surface area (Å²) in [4.78, 5) is 0. The van der Waals surface area contributed by atoms with Crippen LogP contribution in [-0.4, -0.2) is 6.61 Å². The Labute approximate surface area is 188 Å². The first-order chi connectivity index (χ1) is 14.5. The minimum absolute atomic E-state index is 0.197. The standard InChI is InChI=1S/C24H18BrClFNO2/c1-2-29-23-12-17(11-18(14-28)20-8-3-4-9-22(20)26)21(25)13-24(23)30-15-16-6-5-7-19(27)10-16/h3-13H,2,15H2,1H3. The van der Waals surface area contributed by atoms with E-state index >= 15 is 0 Å². The van der Waals surface area contributed by atoms with Crippen LogP contribution in [0, 0.1) is 17.1 Å². The predicted molar refractivity (Wildman–Crippen MR) is 121 cm³/mol. The van der Waals surface area contributed by atoms with E-state index in [0.29, 0.717) is 39.8 Å². The summed E-state index contributed by atoms with van der Waals surface area (Å²) < 4.78 is 25.7. The van der Waals surface area contributed by atoms with Crippen molar-refractivity contribution in [3.05, 3.63) is 92.7 Å². The first-order valence-corrected chi connectivity index (χ1v) is 10.4. The molecule has 0 saturated heterocycles. The van der Waals surface area contributed by atoms with Gasteiger partial charge in [0.25, 0.3) is 0 Å². The van der Waals surface area contributed by atoms with E-state index in [1.807, 2.05) is 19.1 Å². The van der Waals surface area contributed by atoms with Gasteiger partial charge < -0.3 is 9.47 Å². The fourth-order valence-corrected chi connectivity index (χ4v) is 3.51. The highest BCUT2D eigenvalue weighted by molar-refractivity contribution is 9.10. The molecule has 0 N–H and O–H groups in total. The average molecular weight is 487 g/mol. The molecule has 0 saturated carbocycles. The molecular weight excluding hydrogens is 469 g/mol. The lowest BCUT2D eigenvalue weighted by Crippen LogP contribution is -2.01. The number of halogens is 3. The molecule has 0 atom stereocenters. The SMILES string of the molecule is CCOc1cc(C=C(C#N)c2ccccc2Cl)c(Br)cc1OCc1cccc(F)c1. The minimum Gasteiger partial charge on any atom is -0.490 e. The monoisotopic (exact) mass is 485 g/mol. The Hall–Kier alpha value is -2.81. The average Bonchev–Trinajstić information content (AvgIpc) is 2.73. The fraction of sp³-hybridized carbons (Fsp3) is 0.125. The zero-order chi connectivity index (χ0) is 21.5. The molecule has 0 aliphatic rings. The molecule has 6 heteroatoms. The maximum Gasteiger partial charge on any atom is 0.162 e. The summed E-state index contributed by atoms with van der Waals surface area (Å²) in [5.74, 6) is 0.729. The highest BCUT2D eigenvalue weighted by atomic mass is 79.9. The third kappa shape index (κ3) is 5.41. The van der Waals surface area contributed by atoms with Crippen LogP contribution in [0.5, 0.6) is 11.5 Å². The highest BCUT2D eigenvalue weighted by Crippen LogP contribution is 2.36. The number of ether oxygens (including phenoxy) is 2. The number of hydrogen-bond acceptors (Lipinski definition) is 3. The van der Waals surface area contributed by atoms with E-state index in [2.05, 4.69) is 22.0 Å². The second-order valence-corrected chi connectivity index (χ2v) is 7.58. The molecule has 30 heavy (non-hydrogen) atoms. The molecule has 152 valence electrons. The molecule has 0 radical (unpaired) electrons. The van der Waals surface area contributed by atoms with E-state index in [0.717, 1.165) is 10.0 Å². The van der Waals surface area contributed by atoms with Crippen molar-refractivity contribution in [1.82, 2.24) is 0 Å². The van der Waals surface area contributed by atoms with Crippen LogP contribution in [0.25, 0.3) is 11.6 Å². The molecule has 0 aliphatic carbocycles. The Balaban J connectivity index is 1.94. The van der Waals surface area contributed by atoms with Crippen LogP contribution in [-0.2, 0) is 6.61 Å². The van der Waals surface area contributed by atoms with Gasteiger partial charge in [0.05, 0.1) is 18.2 Å². The summed E-state index contributed by atoms with van der Waals surface area (Å²) in [6, 6.07) is 19.2. The van der Waals surface area contributed by atoms with E-state index in [-0.39, 0.29) is 12.4 Å². The molecule has 0 aliphatic heterocycles. The third-order valence-electron chi connectivity index (χ3n) is 4.23. The number of allylic oxidation sites excluding steroid dienone is 1. The zero-order valence-electron chi connectivity index (χ0n) is 16.2. The molecule has 3 nitrogen and oxygen atoms in total. The summed E-state index contributed by atoms with van der Waals surface area (Å²) in [6.07, 6.45) is 1.74. The fourth-order valence-electron chi connectivity index (χ4n) is 2.84. The van der Waals surface area contributed by atoms with Crippen molar-refractivity contribution in [3.8, 4) is 17.6 Å². The van der Waals surface area contributed by atoms with Gasteiger partial charge in [-0.1, -0.05) is 57.9 Å². The van der Waals surface area contributed by atoms with Gasteiger partial charge in [0.2, 0.25) is 0 Å². The molecule has 0 fully saturated rings. The van der Waals surface area contributed by atoms with Crippen LogP contribution in [0.3, 0.4) is 0 Å². The van der Waals surface area contributed by atoms with Gasteiger partial charge in [0.1, 0.15) is 12.4 Å². The quantitative estimate of drug-likeness (QED) is 0.260. The van der Waals surface area contributed by atoms with Gasteiger partial charge in [-0.15, -0.1) is 0 Å². The molecule has 0 aromatic heterocycles. The maximum atomic E-state index is 13.4. The molecular formula is C24H18BrClFNO2. The van der Waals surface area contributed by atoms with Crippen LogP contribution in [0.2, 0.25) is 5.02 Å². The first-order valence-electron chi connectivity index (χ1n) is 9.22. The van der Waals surface area contributed by atoms with Crippen molar-refractivity contribution < 1.29 is 13.9 Å². The number of hydrogen-bond donors (Lipinski definition) is 0. The Morgan fingerprint density at radius 2 is 1.87 bits per heavy atom. The van der Waals surface area contributed by atoms with Crippen LogP contribution < -0.4 is 9.47 Å². The van der Waals surface area contributed by atoms with Crippen LogP contribution in [0.1, 0.15) is 23.6 Å². The van der Waals surface area contributed by atoms with Crippen molar-refractivity contribution in [3.63, 3.8) is 0 Å². The highest BCUT2D eigenvalue weighted by Gasteiger charge is 2.13. The number of benzene rings is 3. The zero-order valence-corrected chi connectivity index (χ0v) is 18.5. The maximum absolute atomic E-state index is 13.4. The van der Waals surface area contributed by atoms with E-state index in [1.165, 1.54) is 12.1 Å². The molecule has 0 spiro atoms. The molecule has 0 unspecified atom stereocenters. The number of rotatable bonds is 7. The summed E-state index contributed by atoms with van der Waals surface area (Å²) in [5.41, 5.74) is 2.53. The van der Waals surface area contributed by atoms with Gasteiger partial charge in [-0.25, -0.2) is 4.39 Å². The molecule has 3 aromatic carbocycles. The second kappa shape index (κ2) is 10.3. The molecule has 0 amide bonds. The van der Waals surface area contributed by atoms with Gasteiger partial charge in [0, 0.05) is 15.1 Å². The van der Waals surface area contributed by atoms with Gasteiger partial charge in [0.15, 0.2) is 11.5 Å². The lowest BCUT2D eigenvalue weighted by Gasteiger charge is -2.14. The molecule has 0 heterocycles. The van der Waals surface area contributed by atoms with Crippen LogP contribution in [0.4, 0.5) is 4.39 Å². The number of nitriles is 1. The van der Waals surface area contributed by atoms with Gasteiger partial charge >= 0.3 is 0 Å². The predicted octanol–water partition coefficient (Wildman–Crippen LogP) is 7.28. The normalized spacial score (nSPS) is 11.1. The van der Waals surface area contributed by atoms with Crippen molar-refractivity contribution >= 4 is 39.2 Å². The topological polar surface area (TPSA) is 42.2 Å². The summed E-state index contributed by atoms with van der Waals surface area (Å²) in [7, 11) is 0.